The van der Waals surface area contributed by atoms with Crippen LogP contribution in [0.25, 0.3) is 0 Å². The molecule has 0 amide bonds. The lowest BCUT2D eigenvalue weighted by atomic mass is 10.1. The van der Waals surface area contributed by atoms with Gasteiger partial charge in [-0.1, -0.05) is 13.8 Å². The number of rotatable bonds is 6. The summed E-state index contributed by atoms with van der Waals surface area (Å²) < 4.78 is 5.39. The highest BCUT2D eigenvalue weighted by Crippen LogP contribution is 2.18. The van der Waals surface area contributed by atoms with Gasteiger partial charge in [0.25, 0.3) is 0 Å². The molecule has 2 heterocycles. The Balaban J connectivity index is 1.82. The highest BCUT2D eigenvalue weighted by Gasteiger charge is 2.19. The molecule has 5 heteroatoms. The molecule has 20 heavy (non-hydrogen) atoms. The van der Waals surface area contributed by atoms with Crippen LogP contribution in [0.4, 0.5) is 5.82 Å². The monoisotopic (exact) mass is 278 g/mol. The molecule has 0 bridgehead atoms. The van der Waals surface area contributed by atoms with Gasteiger partial charge in [-0.25, -0.2) is 4.98 Å². The lowest BCUT2D eigenvalue weighted by molar-refractivity contribution is 0.0818. The van der Waals surface area contributed by atoms with E-state index in [4.69, 9.17) is 4.74 Å². The summed E-state index contributed by atoms with van der Waals surface area (Å²) in [6, 6.07) is 0. The standard InChI is InChI=1S/C15H26N4O/c1-12(2)8-16-9-13-10-18-15(11-17-13)19-6-4-14(20-3)5-7-19/h10-12,14,16H,4-9H2,1-3H3. The Bertz CT molecular complexity index is 385. The zero-order valence-corrected chi connectivity index (χ0v) is 12.8. The minimum absolute atomic E-state index is 0.402. The van der Waals surface area contributed by atoms with E-state index in [1.54, 1.807) is 7.11 Å². The van der Waals surface area contributed by atoms with E-state index >= 15 is 0 Å². The summed E-state index contributed by atoms with van der Waals surface area (Å²) >= 11 is 0. The molecule has 1 aromatic rings. The van der Waals surface area contributed by atoms with Gasteiger partial charge in [0.05, 0.1) is 24.2 Å². The predicted molar refractivity (Wildman–Crippen MR) is 80.8 cm³/mol. The molecular weight excluding hydrogens is 252 g/mol. The molecule has 0 aromatic carbocycles. The molecule has 1 fully saturated rings. The van der Waals surface area contributed by atoms with E-state index in [1.807, 2.05) is 12.4 Å². The molecule has 0 aliphatic carbocycles. The van der Waals surface area contributed by atoms with Crippen molar-refractivity contribution in [3.05, 3.63) is 18.1 Å². The minimum atomic E-state index is 0.402. The molecule has 2 rings (SSSR count). The van der Waals surface area contributed by atoms with Crippen LogP contribution in [0.5, 0.6) is 0 Å². The van der Waals surface area contributed by atoms with E-state index in [-0.39, 0.29) is 0 Å². The Labute approximate surface area is 121 Å². The van der Waals surface area contributed by atoms with Crippen LogP contribution < -0.4 is 10.2 Å². The number of anilines is 1. The van der Waals surface area contributed by atoms with E-state index in [2.05, 4.69) is 34.0 Å². The first-order valence-electron chi connectivity index (χ1n) is 7.48. The lowest BCUT2D eigenvalue weighted by Gasteiger charge is -2.31. The van der Waals surface area contributed by atoms with Gasteiger partial charge < -0.3 is 15.0 Å². The number of methoxy groups -OCH3 is 1. The smallest absolute Gasteiger partial charge is 0.147 e. The zero-order valence-electron chi connectivity index (χ0n) is 12.8. The summed E-state index contributed by atoms with van der Waals surface area (Å²) in [5.74, 6) is 1.64. The quantitative estimate of drug-likeness (QED) is 0.860. The number of ether oxygens (including phenoxy) is 1. The minimum Gasteiger partial charge on any atom is -0.381 e. The van der Waals surface area contributed by atoms with Crippen molar-refractivity contribution in [3.8, 4) is 0 Å². The molecule has 112 valence electrons. The number of piperidine rings is 1. The van der Waals surface area contributed by atoms with Gasteiger partial charge in [-0.3, -0.25) is 4.98 Å². The van der Waals surface area contributed by atoms with Crippen LogP contribution in [0, 0.1) is 5.92 Å². The summed E-state index contributed by atoms with van der Waals surface area (Å²) in [4.78, 5) is 11.3. The lowest BCUT2D eigenvalue weighted by Crippen LogP contribution is -2.37. The normalized spacial score (nSPS) is 16.9. The first kappa shape index (κ1) is 15.2. The second-order valence-corrected chi connectivity index (χ2v) is 5.81. The second kappa shape index (κ2) is 7.55. The van der Waals surface area contributed by atoms with Crippen molar-refractivity contribution in [2.75, 3.05) is 31.6 Å². The van der Waals surface area contributed by atoms with Crippen molar-refractivity contribution in [3.63, 3.8) is 0 Å². The largest absolute Gasteiger partial charge is 0.381 e. The fourth-order valence-electron chi connectivity index (χ4n) is 2.41. The number of hydrogen-bond acceptors (Lipinski definition) is 5. The van der Waals surface area contributed by atoms with E-state index in [9.17, 15) is 0 Å². The number of hydrogen-bond donors (Lipinski definition) is 1. The van der Waals surface area contributed by atoms with Crippen LogP contribution in [-0.2, 0) is 11.3 Å². The topological polar surface area (TPSA) is 50.3 Å². The molecule has 1 N–H and O–H groups in total. The molecule has 1 aliphatic rings. The zero-order chi connectivity index (χ0) is 14.4. The summed E-state index contributed by atoms with van der Waals surface area (Å²) in [6.07, 6.45) is 6.30. The third-order valence-electron chi connectivity index (χ3n) is 3.65. The van der Waals surface area contributed by atoms with Gasteiger partial charge in [-0.05, 0) is 25.3 Å². The van der Waals surface area contributed by atoms with Crippen molar-refractivity contribution in [1.82, 2.24) is 15.3 Å². The Morgan fingerprint density at radius 2 is 2.05 bits per heavy atom. The van der Waals surface area contributed by atoms with Crippen molar-refractivity contribution in [2.45, 2.75) is 39.3 Å². The van der Waals surface area contributed by atoms with Crippen molar-refractivity contribution >= 4 is 5.82 Å². The van der Waals surface area contributed by atoms with Gasteiger partial charge in [0.15, 0.2) is 0 Å². The van der Waals surface area contributed by atoms with Gasteiger partial charge in [0.1, 0.15) is 5.82 Å². The molecule has 0 unspecified atom stereocenters. The third kappa shape index (κ3) is 4.42. The van der Waals surface area contributed by atoms with Crippen molar-refractivity contribution in [1.29, 1.82) is 0 Å². The number of nitrogens with zero attached hydrogens (tertiary/aromatic N) is 3. The molecule has 0 atom stereocenters. The third-order valence-corrected chi connectivity index (χ3v) is 3.65. The molecule has 1 aliphatic heterocycles. The highest BCUT2D eigenvalue weighted by molar-refractivity contribution is 5.36. The average molecular weight is 278 g/mol. The Hall–Kier alpha value is -1.20. The molecule has 0 spiro atoms. The number of nitrogens with one attached hydrogen (secondary N) is 1. The molecule has 0 radical (unpaired) electrons. The van der Waals surface area contributed by atoms with Crippen molar-refractivity contribution in [2.24, 2.45) is 5.92 Å². The summed E-state index contributed by atoms with van der Waals surface area (Å²) in [5.41, 5.74) is 1.00. The van der Waals surface area contributed by atoms with Gasteiger partial charge in [-0.2, -0.15) is 0 Å². The van der Waals surface area contributed by atoms with Gasteiger partial charge in [0, 0.05) is 26.7 Å². The van der Waals surface area contributed by atoms with E-state index in [1.165, 1.54) is 0 Å². The fraction of sp³-hybridized carbons (Fsp3) is 0.733. The maximum Gasteiger partial charge on any atom is 0.147 e. The first-order chi connectivity index (χ1) is 9.69. The van der Waals surface area contributed by atoms with Crippen LogP contribution in [0.1, 0.15) is 32.4 Å². The molecular formula is C15H26N4O. The Kier molecular flexibility index (Phi) is 5.73. The Morgan fingerprint density at radius 3 is 2.60 bits per heavy atom. The second-order valence-electron chi connectivity index (χ2n) is 5.81. The van der Waals surface area contributed by atoms with E-state index < -0.39 is 0 Å². The van der Waals surface area contributed by atoms with Crippen LogP contribution in [0.3, 0.4) is 0 Å². The molecule has 5 nitrogen and oxygen atoms in total. The van der Waals surface area contributed by atoms with Gasteiger partial charge >= 0.3 is 0 Å². The summed E-state index contributed by atoms with van der Waals surface area (Å²) in [5, 5.41) is 3.38. The van der Waals surface area contributed by atoms with Crippen LogP contribution in [0.2, 0.25) is 0 Å². The van der Waals surface area contributed by atoms with Gasteiger partial charge in [-0.15, -0.1) is 0 Å². The summed E-state index contributed by atoms with van der Waals surface area (Å²) in [7, 11) is 1.79. The maximum atomic E-state index is 5.39. The van der Waals surface area contributed by atoms with Crippen LogP contribution >= 0.6 is 0 Å². The van der Waals surface area contributed by atoms with Crippen molar-refractivity contribution < 1.29 is 4.74 Å². The Morgan fingerprint density at radius 1 is 1.30 bits per heavy atom. The number of aromatic nitrogens is 2. The van der Waals surface area contributed by atoms with Crippen LogP contribution in [0.15, 0.2) is 12.4 Å². The maximum absolute atomic E-state index is 5.39. The predicted octanol–water partition coefficient (Wildman–Crippen LogP) is 1.84. The fourth-order valence-corrected chi connectivity index (χ4v) is 2.41. The molecule has 0 saturated carbocycles. The molecule has 1 saturated heterocycles. The summed E-state index contributed by atoms with van der Waals surface area (Å²) in [6.45, 7) is 8.19. The van der Waals surface area contributed by atoms with E-state index in [0.29, 0.717) is 12.0 Å². The van der Waals surface area contributed by atoms with E-state index in [0.717, 1.165) is 50.5 Å². The molecule has 1 aromatic heterocycles. The highest BCUT2D eigenvalue weighted by atomic mass is 16.5. The average Bonchev–Trinajstić information content (AvgIpc) is 2.48. The van der Waals surface area contributed by atoms with Crippen LogP contribution in [-0.4, -0.2) is 42.8 Å². The SMILES string of the molecule is COC1CCN(c2cnc(CNCC(C)C)cn2)CC1. The first-order valence-corrected chi connectivity index (χ1v) is 7.48. The van der Waals surface area contributed by atoms with Gasteiger partial charge in [0.2, 0.25) is 0 Å².